The van der Waals surface area contributed by atoms with Gasteiger partial charge in [0.2, 0.25) is 0 Å². The third kappa shape index (κ3) is 3.81. The second kappa shape index (κ2) is 6.88. The Morgan fingerprint density at radius 2 is 2.14 bits per heavy atom. The highest BCUT2D eigenvalue weighted by molar-refractivity contribution is 5.91. The van der Waals surface area contributed by atoms with Gasteiger partial charge in [0, 0.05) is 30.3 Å². The van der Waals surface area contributed by atoms with Crippen LogP contribution in [0.25, 0.3) is 10.8 Å². The lowest BCUT2D eigenvalue weighted by molar-refractivity contribution is 0.317. The van der Waals surface area contributed by atoms with Gasteiger partial charge in [0.1, 0.15) is 5.84 Å². The zero-order chi connectivity index (χ0) is 15.2. The van der Waals surface area contributed by atoms with Crippen molar-refractivity contribution in [2.24, 2.45) is 16.8 Å². The van der Waals surface area contributed by atoms with Crippen molar-refractivity contribution in [1.82, 2.24) is 10.2 Å². The summed E-state index contributed by atoms with van der Waals surface area (Å²) in [6, 6.07) is 8.03. The van der Waals surface area contributed by atoms with Crippen molar-refractivity contribution < 1.29 is 5.21 Å². The molecule has 1 aromatic carbocycles. The molecule has 3 N–H and O–H groups in total. The SMILES string of the molecule is CC(C)CN(CCC(N)=NO)c1nncc2ccccc12. The molecule has 0 bridgehead atoms. The maximum absolute atomic E-state index is 8.69. The number of benzene rings is 1. The summed E-state index contributed by atoms with van der Waals surface area (Å²) in [6.45, 7) is 5.77. The van der Waals surface area contributed by atoms with E-state index in [9.17, 15) is 0 Å². The average Bonchev–Trinajstić information content (AvgIpc) is 2.50. The zero-order valence-corrected chi connectivity index (χ0v) is 12.4. The van der Waals surface area contributed by atoms with E-state index in [1.807, 2.05) is 24.3 Å². The maximum atomic E-state index is 8.69. The first-order chi connectivity index (χ1) is 10.1. The second-order valence-electron chi connectivity index (χ2n) is 5.44. The number of oxime groups is 1. The Bertz CT molecular complexity index is 621. The molecule has 112 valence electrons. The maximum Gasteiger partial charge on any atom is 0.159 e. The number of fused-ring (bicyclic) bond motifs is 1. The van der Waals surface area contributed by atoms with Gasteiger partial charge in [0.05, 0.1) is 6.20 Å². The minimum Gasteiger partial charge on any atom is -0.409 e. The molecule has 0 aliphatic rings. The van der Waals surface area contributed by atoms with Gasteiger partial charge < -0.3 is 15.8 Å². The van der Waals surface area contributed by atoms with E-state index in [1.165, 1.54) is 0 Å². The monoisotopic (exact) mass is 287 g/mol. The fraction of sp³-hybridized carbons (Fsp3) is 0.400. The van der Waals surface area contributed by atoms with Gasteiger partial charge in [0.25, 0.3) is 0 Å². The third-order valence-corrected chi connectivity index (χ3v) is 3.20. The van der Waals surface area contributed by atoms with Gasteiger partial charge in [-0.05, 0) is 5.92 Å². The molecule has 0 unspecified atom stereocenters. The fourth-order valence-corrected chi connectivity index (χ4v) is 2.27. The summed E-state index contributed by atoms with van der Waals surface area (Å²) in [5.41, 5.74) is 5.58. The number of anilines is 1. The van der Waals surface area contributed by atoms with Crippen LogP contribution in [0.2, 0.25) is 0 Å². The van der Waals surface area contributed by atoms with E-state index in [4.69, 9.17) is 10.9 Å². The first-order valence-corrected chi connectivity index (χ1v) is 7.03. The highest BCUT2D eigenvalue weighted by atomic mass is 16.4. The standard InChI is InChI=1S/C15H21N5O/c1-11(2)10-20(8-7-14(16)19-21)15-13-6-4-3-5-12(13)9-17-18-15/h3-6,9,11,21H,7-8,10H2,1-2H3,(H2,16,19). The number of nitrogens with zero attached hydrogens (tertiary/aromatic N) is 4. The summed E-state index contributed by atoms with van der Waals surface area (Å²) >= 11 is 0. The highest BCUT2D eigenvalue weighted by Crippen LogP contribution is 2.24. The van der Waals surface area contributed by atoms with Crippen LogP contribution in [0.4, 0.5) is 5.82 Å². The van der Waals surface area contributed by atoms with E-state index in [0.29, 0.717) is 18.9 Å². The largest absolute Gasteiger partial charge is 0.409 e. The summed E-state index contributed by atoms with van der Waals surface area (Å²) in [5, 5.41) is 22.2. The minimum atomic E-state index is 0.219. The fourth-order valence-electron chi connectivity index (χ4n) is 2.27. The molecule has 1 aromatic heterocycles. The first-order valence-electron chi connectivity index (χ1n) is 7.03. The molecule has 1 heterocycles. The van der Waals surface area contributed by atoms with Crippen LogP contribution in [0.1, 0.15) is 20.3 Å². The summed E-state index contributed by atoms with van der Waals surface area (Å²) in [6.07, 6.45) is 2.24. The molecule has 21 heavy (non-hydrogen) atoms. The molecule has 0 saturated heterocycles. The van der Waals surface area contributed by atoms with E-state index >= 15 is 0 Å². The van der Waals surface area contributed by atoms with E-state index in [1.54, 1.807) is 6.20 Å². The van der Waals surface area contributed by atoms with Crippen molar-refractivity contribution in [3.05, 3.63) is 30.5 Å². The molecule has 0 aliphatic carbocycles. The molecule has 0 spiro atoms. The Balaban J connectivity index is 2.33. The molecular formula is C15H21N5O. The molecule has 6 nitrogen and oxygen atoms in total. The summed E-state index contributed by atoms with van der Waals surface area (Å²) in [5.74, 6) is 1.53. The van der Waals surface area contributed by atoms with Crippen molar-refractivity contribution in [3.63, 3.8) is 0 Å². The van der Waals surface area contributed by atoms with E-state index in [2.05, 4.69) is 34.1 Å². The van der Waals surface area contributed by atoms with Crippen LogP contribution in [0.15, 0.2) is 35.6 Å². The van der Waals surface area contributed by atoms with E-state index < -0.39 is 0 Å². The topological polar surface area (TPSA) is 87.6 Å². The van der Waals surface area contributed by atoms with Crippen molar-refractivity contribution in [3.8, 4) is 0 Å². The van der Waals surface area contributed by atoms with Gasteiger partial charge in [-0.1, -0.05) is 43.3 Å². The van der Waals surface area contributed by atoms with Crippen molar-refractivity contribution in [1.29, 1.82) is 0 Å². The number of nitrogens with two attached hydrogens (primary N) is 1. The number of amidine groups is 1. The summed E-state index contributed by atoms with van der Waals surface area (Å²) < 4.78 is 0. The van der Waals surface area contributed by atoms with Crippen LogP contribution in [0, 0.1) is 5.92 Å². The van der Waals surface area contributed by atoms with Crippen molar-refractivity contribution >= 4 is 22.4 Å². The van der Waals surface area contributed by atoms with Gasteiger partial charge in [-0.15, -0.1) is 5.10 Å². The van der Waals surface area contributed by atoms with Gasteiger partial charge >= 0.3 is 0 Å². The Hall–Kier alpha value is -2.37. The third-order valence-electron chi connectivity index (χ3n) is 3.20. The molecule has 0 fully saturated rings. The lowest BCUT2D eigenvalue weighted by atomic mass is 10.1. The minimum absolute atomic E-state index is 0.219. The smallest absolute Gasteiger partial charge is 0.159 e. The van der Waals surface area contributed by atoms with E-state index in [-0.39, 0.29) is 5.84 Å². The first kappa shape index (κ1) is 15.0. The molecule has 0 aliphatic heterocycles. The summed E-state index contributed by atoms with van der Waals surface area (Å²) in [4.78, 5) is 2.14. The van der Waals surface area contributed by atoms with Gasteiger partial charge in [-0.25, -0.2) is 0 Å². The van der Waals surface area contributed by atoms with Gasteiger partial charge in [-0.2, -0.15) is 5.10 Å². The van der Waals surface area contributed by atoms with Crippen LogP contribution >= 0.6 is 0 Å². The highest BCUT2D eigenvalue weighted by Gasteiger charge is 2.14. The lowest BCUT2D eigenvalue weighted by Crippen LogP contribution is -2.32. The molecule has 0 saturated carbocycles. The van der Waals surface area contributed by atoms with Crippen LogP contribution in [0.3, 0.4) is 0 Å². The van der Waals surface area contributed by atoms with Crippen LogP contribution in [0.5, 0.6) is 0 Å². The Morgan fingerprint density at radius 1 is 1.38 bits per heavy atom. The molecule has 2 aromatic rings. The Morgan fingerprint density at radius 3 is 2.86 bits per heavy atom. The molecule has 6 heteroatoms. The van der Waals surface area contributed by atoms with Gasteiger partial charge in [0.15, 0.2) is 5.82 Å². The number of hydrogen-bond acceptors (Lipinski definition) is 5. The Kier molecular flexibility index (Phi) is 4.92. The number of aromatic nitrogens is 2. The molecule has 0 atom stereocenters. The summed E-state index contributed by atoms with van der Waals surface area (Å²) in [7, 11) is 0. The average molecular weight is 287 g/mol. The normalized spacial score (nSPS) is 12.0. The van der Waals surface area contributed by atoms with Crippen molar-refractivity contribution in [2.45, 2.75) is 20.3 Å². The molecular weight excluding hydrogens is 266 g/mol. The lowest BCUT2D eigenvalue weighted by Gasteiger charge is -2.26. The van der Waals surface area contributed by atoms with E-state index in [0.717, 1.165) is 23.1 Å². The van der Waals surface area contributed by atoms with Crippen molar-refractivity contribution in [2.75, 3.05) is 18.0 Å². The predicted octanol–water partition coefficient (Wildman–Crippen LogP) is 2.23. The van der Waals surface area contributed by atoms with Gasteiger partial charge in [-0.3, -0.25) is 0 Å². The second-order valence-corrected chi connectivity index (χ2v) is 5.44. The quantitative estimate of drug-likeness (QED) is 0.368. The zero-order valence-electron chi connectivity index (χ0n) is 12.4. The number of rotatable bonds is 6. The molecule has 0 radical (unpaired) electrons. The Labute approximate surface area is 124 Å². The van der Waals surface area contributed by atoms with Crippen LogP contribution < -0.4 is 10.6 Å². The van der Waals surface area contributed by atoms with Crippen LogP contribution in [-0.2, 0) is 0 Å². The number of hydrogen-bond donors (Lipinski definition) is 2. The predicted molar refractivity (Wildman–Crippen MR) is 84.6 cm³/mol. The van der Waals surface area contributed by atoms with Crippen LogP contribution in [-0.4, -0.2) is 34.3 Å². The molecule has 2 rings (SSSR count). The molecule has 0 amide bonds.